The van der Waals surface area contributed by atoms with E-state index < -0.39 is 0 Å². The van der Waals surface area contributed by atoms with Gasteiger partial charge in [-0.05, 0) is 43.2 Å². The third-order valence-electron chi connectivity index (χ3n) is 3.20. The van der Waals surface area contributed by atoms with Crippen molar-refractivity contribution < 1.29 is 9.90 Å². The second-order valence-corrected chi connectivity index (χ2v) is 4.76. The molecule has 0 spiro atoms. The first-order valence-electron chi connectivity index (χ1n) is 6.69. The summed E-state index contributed by atoms with van der Waals surface area (Å²) in [6.45, 7) is 3.67. The fraction of sp³-hybridized carbons (Fsp3) is 0.167. The highest BCUT2D eigenvalue weighted by Crippen LogP contribution is 2.16. The number of aryl methyl sites for hydroxylation is 2. The number of nitrogens with one attached hydrogen (secondary N) is 1. The zero-order valence-corrected chi connectivity index (χ0v) is 12.1. The van der Waals surface area contributed by atoms with Gasteiger partial charge < -0.3 is 10.4 Å². The second kappa shape index (κ2) is 6.74. The van der Waals surface area contributed by atoms with Gasteiger partial charge in [0.1, 0.15) is 6.61 Å². The first-order chi connectivity index (χ1) is 10.1. The average Bonchev–Trinajstić information content (AvgIpc) is 2.48. The molecule has 2 N–H and O–H groups in total. The van der Waals surface area contributed by atoms with Crippen LogP contribution in [0.1, 0.15) is 27.0 Å². The van der Waals surface area contributed by atoms with Gasteiger partial charge in [0.25, 0.3) is 5.91 Å². The number of hydrogen-bond acceptors (Lipinski definition) is 2. The van der Waals surface area contributed by atoms with Crippen molar-refractivity contribution in [2.24, 2.45) is 0 Å². The second-order valence-electron chi connectivity index (χ2n) is 4.76. The van der Waals surface area contributed by atoms with Crippen molar-refractivity contribution in [3.63, 3.8) is 0 Å². The van der Waals surface area contributed by atoms with Gasteiger partial charge in [-0.3, -0.25) is 4.79 Å². The van der Waals surface area contributed by atoms with Gasteiger partial charge in [0.05, 0.1) is 0 Å². The van der Waals surface area contributed by atoms with Gasteiger partial charge in [-0.2, -0.15) is 0 Å². The van der Waals surface area contributed by atoms with Crippen LogP contribution in [0.15, 0.2) is 42.5 Å². The van der Waals surface area contributed by atoms with Crippen molar-refractivity contribution in [2.75, 3.05) is 11.9 Å². The molecule has 3 heteroatoms. The Morgan fingerprint density at radius 1 is 1.14 bits per heavy atom. The topological polar surface area (TPSA) is 49.3 Å². The molecule has 1 amide bonds. The number of para-hydroxylation sites is 1. The van der Waals surface area contributed by atoms with Crippen molar-refractivity contribution in [2.45, 2.75) is 13.8 Å². The molecule has 0 saturated heterocycles. The molecular formula is C18H17NO2. The standard InChI is InChI=1S/C18H17NO2/c1-13-9-10-16(12-15(13)7-5-11-20)18(21)19-17-8-4-3-6-14(17)2/h3-4,6,8-10,12,20H,11H2,1-2H3,(H,19,21). The Morgan fingerprint density at radius 3 is 2.62 bits per heavy atom. The van der Waals surface area contributed by atoms with Crippen molar-refractivity contribution >= 4 is 11.6 Å². The van der Waals surface area contributed by atoms with Crippen molar-refractivity contribution in [1.82, 2.24) is 0 Å². The molecule has 106 valence electrons. The van der Waals surface area contributed by atoms with Crippen LogP contribution in [-0.2, 0) is 0 Å². The molecule has 0 aliphatic heterocycles. The Hall–Kier alpha value is -2.57. The average molecular weight is 279 g/mol. The molecule has 3 nitrogen and oxygen atoms in total. The zero-order valence-electron chi connectivity index (χ0n) is 12.1. The Morgan fingerprint density at radius 2 is 1.90 bits per heavy atom. The zero-order chi connectivity index (χ0) is 15.2. The highest BCUT2D eigenvalue weighted by atomic mass is 16.2. The van der Waals surface area contributed by atoms with Crippen LogP contribution in [0.3, 0.4) is 0 Å². The maximum Gasteiger partial charge on any atom is 0.255 e. The van der Waals surface area contributed by atoms with Crippen LogP contribution in [0, 0.1) is 25.7 Å². The van der Waals surface area contributed by atoms with Gasteiger partial charge in [0.15, 0.2) is 0 Å². The first kappa shape index (κ1) is 14.8. The number of carbonyl (C=O) groups is 1. The number of anilines is 1. The molecule has 0 bridgehead atoms. The lowest BCUT2D eigenvalue weighted by Gasteiger charge is -2.09. The third-order valence-corrected chi connectivity index (χ3v) is 3.20. The maximum absolute atomic E-state index is 12.3. The monoisotopic (exact) mass is 279 g/mol. The first-order valence-corrected chi connectivity index (χ1v) is 6.69. The predicted molar refractivity (Wildman–Crippen MR) is 84.3 cm³/mol. The molecule has 0 aliphatic rings. The molecule has 2 aromatic rings. The quantitative estimate of drug-likeness (QED) is 0.830. The summed E-state index contributed by atoms with van der Waals surface area (Å²) < 4.78 is 0. The molecule has 0 heterocycles. The fourth-order valence-corrected chi connectivity index (χ4v) is 1.94. The van der Waals surface area contributed by atoms with E-state index in [-0.39, 0.29) is 12.5 Å². The van der Waals surface area contributed by atoms with Gasteiger partial charge in [-0.1, -0.05) is 36.1 Å². The molecule has 0 atom stereocenters. The van der Waals surface area contributed by atoms with Gasteiger partial charge in [0.2, 0.25) is 0 Å². The van der Waals surface area contributed by atoms with Crippen LogP contribution in [0.4, 0.5) is 5.69 Å². The SMILES string of the molecule is Cc1ccc(C(=O)Nc2ccccc2C)cc1C#CCO. The number of carbonyl (C=O) groups excluding carboxylic acids is 1. The van der Waals surface area contributed by atoms with E-state index in [4.69, 9.17) is 5.11 Å². The maximum atomic E-state index is 12.3. The minimum atomic E-state index is -0.195. The fourth-order valence-electron chi connectivity index (χ4n) is 1.94. The number of aliphatic hydroxyl groups excluding tert-OH is 1. The highest BCUT2D eigenvalue weighted by Gasteiger charge is 2.08. The van der Waals surface area contributed by atoms with E-state index in [0.717, 1.165) is 22.4 Å². The number of hydrogen-bond donors (Lipinski definition) is 2. The summed E-state index contributed by atoms with van der Waals surface area (Å²) in [6.07, 6.45) is 0. The van der Waals surface area contributed by atoms with Crippen LogP contribution in [0.2, 0.25) is 0 Å². The Balaban J connectivity index is 2.26. The normalized spacial score (nSPS) is 9.67. The Kier molecular flexibility index (Phi) is 4.76. The molecule has 0 fully saturated rings. The van der Waals surface area contributed by atoms with Gasteiger partial charge in [-0.15, -0.1) is 0 Å². The Labute approximate surface area is 124 Å². The molecule has 0 radical (unpaired) electrons. The van der Waals surface area contributed by atoms with E-state index >= 15 is 0 Å². The molecule has 0 unspecified atom stereocenters. The summed E-state index contributed by atoms with van der Waals surface area (Å²) in [4.78, 5) is 12.3. The predicted octanol–water partition coefficient (Wildman–Crippen LogP) is 2.90. The molecule has 0 aliphatic carbocycles. The highest BCUT2D eigenvalue weighted by molar-refractivity contribution is 6.04. The van der Waals surface area contributed by atoms with E-state index in [1.807, 2.05) is 44.2 Å². The van der Waals surface area contributed by atoms with Crippen LogP contribution >= 0.6 is 0 Å². The molecule has 21 heavy (non-hydrogen) atoms. The summed E-state index contributed by atoms with van der Waals surface area (Å²) >= 11 is 0. The summed E-state index contributed by atoms with van der Waals surface area (Å²) in [5, 5.41) is 11.7. The van der Waals surface area contributed by atoms with Gasteiger partial charge in [-0.25, -0.2) is 0 Å². The lowest BCUT2D eigenvalue weighted by atomic mass is 10.0. The number of rotatable bonds is 2. The van der Waals surface area contributed by atoms with Gasteiger partial charge >= 0.3 is 0 Å². The van der Waals surface area contributed by atoms with E-state index in [1.165, 1.54) is 0 Å². The number of aliphatic hydroxyl groups is 1. The molecule has 2 rings (SSSR count). The lowest BCUT2D eigenvalue weighted by Crippen LogP contribution is -2.13. The molecule has 0 saturated carbocycles. The minimum absolute atomic E-state index is 0.170. The van der Waals surface area contributed by atoms with E-state index in [9.17, 15) is 4.79 Å². The van der Waals surface area contributed by atoms with E-state index in [0.29, 0.717) is 5.56 Å². The van der Waals surface area contributed by atoms with Gasteiger partial charge in [0, 0.05) is 16.8 Å². The van der Waals surface area contributed by atoms with Crippen molar-refractivity contribution in [3.8, 4) is 11.8 Å². The molecule has 0 aromatic heterocycles. The molecule has 2 aromatic carbocycles. The largest absolute Gasteiger partial charge is 0.384 e. The number of benzene rings is 2. The van der Waals surface area contributed by atoms with Crippen LogP contribution in [0.5, 0.6) is 0 Å². The summed E-state index contributed by atoms with van der Waals surface area (Å²) in [5.41, 5.74) is 4.08. The lowest BCUT2D eigenvalue weighted by molar-refractivity contribution is 0.102. The van der Waals surface area contributed by atoms with Crippen LogP contribution < -0.4 is 5.32 Å². The molecular weight excluding hydrogens is 262 g/mol. The van der Waals surface area contributed by atoms with E-state index in [1.54, 1.807) is 12.1 Å². The van der Waals surface area contributed by atoms with Crippen LogP contribution in [0.25, 0.3) is 0 Å². The van der Waals surface area contributed by atoms with Crippen molar-refractivity contribution in [1.29, 1.82) is 0 Å². The summed E-state index contributed by atoms with van der Waals surface area (Å²) in [7, 11) is 0. The third kappa shape index (κ3) is 3.71. The van der Waals surface area contributed by atoms with Crippen LogP contribution in [-0.4, -0.2) is 17.6 Å². The Bertz CT molecular complexity index is 723. The smallest absolute Gasteiger partial charge is 0.255 e. The summed E-state index contributed by atoms with van der Waals surface area (Å²) in [5.74, 6) is 5.29. The number of amides is 1. The van der Waals surface area contributed by atoms with Crippen molar-refractivity contribution in [3.05, 3.63) is 64.7 Å². The van der Waals surface area contributed by atoms with E-state index in [2.05, 4.69) is 17.2 Å². The minimum Gasteiger partial charge on any atom is -0.384 e. The summed E-state index contributed by atoms with van der Waals surface area (Å²) in [6, 6.07) is 13.0.